The molecule has 64 valence electrons. The summed E-state index contributed by atoms with van der Waals surface area (Å²) in [4.78, 5) is 6.40. The number of hydrogen-bond acceptors (Lipinski definition) is 4. The SMILES string of the molecule is CSC1=NCCN1CC(C)O. The van der Waals surface area contributed by atoms with Crippen LogP contribution >= 0.6 is 11.8 Å². The van der Waals surface area contributed by atoms with Crippen molar-refractivity contribution in [1.29, 1.82) is 0 Å². The first-order valence-corrected chi connectivity index (χ1v) is 4.98. The lowest BCUT2D eigenvalue weighted by molar-refractivity contribution is 0.164. The fourth-order valence-corrected chi connectivity index (χ4v) is 1.79. The number of thioether (sulfide) groups is 1. The molecular formula is C7H14N2OS. The van der Waals surface area contributed by atoms with Crippen LogP contribution in [-0.2, 0) is 0 Å². The van der Waals surface area contributed by atoms with Crippen molar-refractivity contribution in [3.63, 3.8) is 0 Å². The Morgan fingerprint density at radius 3 is 3.09 bits per heavy atom. The summed E-state index contributed by atoms with van der Waals surface area (Å²) in [6, 6.07) is 0. The molecule has 0 fully saturated rings. The molecule has 1 N–H and O–H groups in total. The van der Waals surface area contributed by atoms with Crippen LogP contribution in [0.15, 0.2) is 4.99 Å². The lowest BCUT2D eigenvalue weighted by Crippen LogP contribution is -2.32. The molecule has 1 unspecified atom stereocenters. The number of β-amino-alcohol motifs (C(OH)–C–C–N with tert-alkyl or cyclic N) is 1. The van der Waals surface area contributed by atoms with Crippen molar-refractivity contribution in [3.8, 4) is 0 Å². The van der Waals surface area contributed by atoms with E-state index in [0.717, 1.165) is 18.3 Å². The van der Waals surface area contributed by atoms with Crippen molar-refractivity contribution in [2.45, 2.75) is 13.0 Å². The van der Waals surface area contributed by atoms with Gasteiger partial charge in [-0.2, -0.15) is 0 Å². The zero-order valence-electron chi connectivity index (χ0n) is 6.95. The second kappa shape index (κ2) is 3.97. The van der Waals surface area contributed by atoms with Crippen LogP contribution in [0.2, 0.25) is 0 Å². The molecule has 4 heteroatoms. The number of hydrogen-bond donors (Lipinski definition) is 1. The minimum Gasteiger partial charge on any atom is -0.392 e. The number of rotatable bonds is 2. The Kier molecular flexibility index (Phi) is 3.20. The Balaban J connectivity index is 2.40. The van der Waals surface area contributed by atoms with Gasteiger partial charge >= 0.3 is 0 Å². The topological polar surface area (TPSA) is 35.8 Å². The molecular weight excluding hydrogens is 160 g/mol. The first-order chi connectivity index (χ1) is 5.24. The van der Waals surface area contributed by atoms with Gasteiger partial charge in [-0.25, -0.2) is 0 Å². The molecule has 3 nitrogen and oxygen atoms in total. The summed E-state index contributed by atoms with van der Waals surface area (Å²) in [5.74, 6) is 0. The van der Waals surface area contributed by atoms with Crippen LogP contribution in [0.4, 0.5) is 0 Å². The average molecular weight is 174 g/mol. The second-order valence-electron chi connectivity index (χ2n) is 2.66. The highest BCUT2D eigenvalue weighted by atomic mass is 32.2. The Morgan fingerprint density at radius 2 is 2.55 bits per heavy atom. The van der Waals surface area contributed by atoms with Gasteiger partial charge in [0.1, 0.15) is 0 Å². The van der Waals surface area contributed by atoms with Gasteiger partial charge in [-0.3, -0.25) is 4.99 Å². The summed E-state index contributed by atoms with van der Waals surface area (Å²) >= 11 is 1.65. The van der Waals surface area contributed by atoms with Crippen molar-refractivity contribution in [3.05, 3.63) is 0 Å². The maximum absolute atomic E-state index is 9.12. The van der Waals surface area contributed by atoms with E-state index < -0.39 is 0 Å². The van der Waals surface area contributed by atoms with E-state index in [4.69, 9.17) is 5.11 Å². The molecule has 0 radical (unpaired) electrons. The van der Waals surface area contributed by atoms with Crippen LogP contribution in [0.3, 0.4) is 0 Å². The molecule has 0 aromatic carbocycles. The summed E-state index contributed by atoms with van der Waals surface area (Å²) in [6.45, 7) is 4.35. The molecule has 0 aromatic rings. The highest BCUT2D eigenvalue weighted by Gasteiger charge is 2.16. The van der Waals surface area contributed by atoms with Crippen molar-refractivity contribution in [1.82, 2.24) is 4.90 Å². The molecule has 1 aliphatic rings. The number of aliphatic hydroxyl groups is 1. The lowest BCUT2D eigenvalue weighted by atomic mass is 10.4. The maximum Gasteiger partial charge on any atom is 0.159 e. The number of aliphatic hydroxyl groups excluding tert-OH is 1. The first-order valence-electron chi connectivity index (χ1n) is 3.75. The smallest absolute Gasteiger partial charge is 0.159 e. The molecule has 1 atom stereocenters. The van der Waals surface area contributed by atoms with E-state index >= 15 is 0 Å². The third-order valence-electron chi connectivity index (χ3n) is 1.55. The van der Waals surface area contributed by atoms with Crippen molar-refractivity contribution < 1.29 is 5.11 Å². The average Bonchev–Trinajstić information content (AvgIpc) is 2.34. The summed E-state index contributed by atoms with van der Waals surface area (Å²) in [5.41, 5.74) is 0. The fourth-order valence-electron chi connectivity index (χ4n) is 1.14. The van der Waals surface area contributed by atoms with E-state index in [1.807, 2.05) is 6.26 Å². The van der Waals surface area contributed by atoms with E-state index in [0.29, 0.717) is 6.54 Å². The van der Waals surface area contributed by atoms with Crippen LogP contribution < -0.4 is 0 Å². The zero-order chi connectivity index (χ0) is 8.27. The minimum absolute atomic E-state index is 0.259. The third kappa shape index (κ3) is 2.38. The standard InChI is InChI=1S/C7H14N2OS/c1-6(10)5-9-4-3-8-7(9)11-2/h6,10H,3-5H2,1-2H3. The number of amidine groups is 1. The monoisotopic (exact) mass is 174 g/mol. The zero-order valence-corrected chi connectivity index (χ0v) is 7.77. The quantitative estimate of drug-likeness (QED) is 0.658. The predicted molar refractivity (Wildman–Crippen MR) is 49.1 cm³/mol. The lowest BCUT2D eigenvalue weighted by Gasteiger charge is -2.19. The van der Waals surface area contributed by atoms with Gasteiger partial charge in [-0.15, -0.1) is 0 Å². The molecule has 1 rings (SSSR count). The molecule has 0 aromatic heterocycles. The summed E-state index contributed by atoms with van der Waals surface area (Å²) in [7, 11) is 0. The highest BCUT2D eigenvalue weighted by Crippen LogP contribution is 2.11. The Hall–Kier alpha value is -0.220. The van der Waals surface area contributed by atoms with E-state index in [-0.39, 0.29) is 6.10 Å². The van der Waals surface area contributed by atoms with Crippen LogP contribution in [-0.4, -0.2) is 47.2 Å². The predicted octanol–water partition coefficient (Wildman–Crippen LogP) is 0.402. The summed E-state index contributed by atoms with van der Waals surface area (Å²) in [5, 5.41) is 10.2. The fraction of sp³-hybridized carbons (Fsp3) is 0.857. The Labute approximate surface area is 71.5 Å². The normalized spacial score (nSPS) is 20.3. The molecule has 11 heavy (non-hydrogen) atoms. The highest BCUT2D eigenvalue weighted by molar-refractivity contribution is 8.13. The van der Waals surface area contributed by atoms with E-state index in [1.54, 1.807) is 18.7 Å². The van der Waals surface area contributed by atoms with Crippen molar-refractivity contribution in [2.75, 3.05) is 25.9 Å². The van der Waals surface area contributed by atoms with Crippen LogP contribution in [0.25, 0.3) is 0 Å². The largest absolute Gasteiger partial charge is 0.392 e. The number of nitrogens with zero attached hydrogens (tertiary/aromatic N) is 2. The van der Waals surface area contributed by atoms with E-state index in [2.05, 4.69) is 9.89 Å². The molecule has 0 aliphatic carbocycles. The molecule has 0 saturated carbocycles. The van der Waals surface area contributed by atoms with Crippen LogP contribution in [0.1, 0.15) is 6.92 Å². The maximum atomic E-state index is 9.12. The van der Waals surface area contributed by atoms with E-state index in [9.17, 15) is 0 Å². The molecule has 0 bridgehead atoms. The van der Waals surface area contributed by atoms with Gasteiger partial charge in [-0.05, 0) is 13.2 Å². The molecule has 0 saturated heterocycles. The van der Waals surface area contributed by atoms with Crippen molar-refractivity contribution >= 4 is 16.9 Å². The van der Waals surface area contributed by atoms with Gasteiger partial charge in [0.05, 0.1) is 12.6 Å². The Morgan fingerprint density at radius 1 is 1.82 bits per heavy atom. The van der Waals surface area contributed by atoms with E-state index in [1.165, 1.54) is 0 Å². The molecule has 0 amide bonds. The summed E-state index contributed by atoms with van der Waals surface area (Å²) in [6.07, 6.45) is 1.75. The van der Waals surface area contributed by atoms with Gasteiger partial charge in [0, 0.05) is 13.1 Å². The van der Waals surface area contributed by atoms with Crippen molar-refractivity contribution in [2.24, 2.45) is 4.99 Å². The van der Waals surface area contributed by atoms with Crippen LogP contribution in [0, 0.1) is 0 Å². The Bertz CT molecular complexity index is 159. The molecule has 1 aliphatic heterocycles. The van der Waals surface area contributed by atoms with Crippen LogP contribution in [0.5, 0.6) is 0 Å². The van der Waals surface area contributed by atoms with Gasteiger partial charge < -0.3 is 10.0 Å². The molecule has 1 heterocycles. The minimum atomic E-state index is -0.259. The van der Waals surface area contributed by atoms with Gasteiger partial charge in [0.2, 0.25) is 0 Å². The van der Waals surface area contributed by atoms with Gasteiger partial charge in [-0.1, -0.05) is 11.8 Å². The first kappa shape index (κ1) is 8.87. The third-order valence-corrected chi connectivity index (χ3v) is 2.31. The molecule has 0 spiro atoms. The van der Waals surface area contributed by atoms with Gasteiger partial charge in [0.25, 0.3) is 0 Å². The summed E-state index contributed by atoms with van der Waals surface area (Å²) < 4.78 is 0. The second-order valence-corrected chi connectivity index (χ2v) is 3.44. The van der Waals surface area contributed by atoms with Gasteiger partial charge in [0.15, 0.2) is 5.17 Å². The number of aliphatic imine (C=N–C) groups is 1.